The summed E-state index contributed by atoms with van der Waals surface area (Å²) in [6.07, 6.45) is 41.6. The van der Waals surface area contributed by atoms with Crippen LogP contribution < -0.4 is 4.89 Å². The van der Waals surface area contributed by atoms with Gasteiger partial charge in [-0.25, -0.2) is 0 Å². The van der Waals surface area contributed by atoms with E-state index in [2.05, 4.69) is 50.3 Å². The fourth-order valence-electron chi connectivity index (χ4n) is 5.85. The second kappa shape index (κ2) is 37.8. The van der Waals surface area contributed by atoms with Crippen molar-refractivity contribution in [3.63, 3.8) is 0 Å². The minimum atomic E-state index is -4.63. The normalized spacial score (nSPS) is 13.9. The summed E-state index contributed by atoms with van der Waals surface area (Å²) in [6, 6.07) is 0. The van der Waals surface area contributed by atoms with E-state index in [0.29, 0.717) is 23.9 Å². The van der Waals surface area contributed by atoms with Crippen LogP contribution in [0.5, 0.6) is 0 Å². The van der Waals surface area contributed by atoms with Gasteiger partial charge in [-0.05, 0) is 70.6 Å². The van der Waals surface area contributed by atoms with Gasteiger partial charge in [0.25, 0.3) is 7.82 Å². The number of allylic oxidation sites excluding steroid dienone is 6. The van der Waals surface area contributed by atoms with Crippen molar-refractivity contribution < 1.29 is 42.1 Å². The molecular weight excluding hydrogens is 713 g/mol. The van der Waals surface area contributed by atoms with Crippen LogP contribution in [0.4, 0.5) is 0 Å². The molecule has 0 aromatic rings. The number of ether oxygens (including phenoxy) is 2. The lowest BCUT2D eigenvalue weighted by molar-refractivity contribution is -0.870. The van der Waals surface area contributed by atoms with E-state index in [-0.39, 0.29) is 26.1 Å². The Balaban J connectivity index is 4.39. The van der Waals surface area contributed by atoms with Crippen molar-refractivity contribution in [2.75, 3.05) is 47.5 Å². The van der Waals surface area contributed by atoms with Crippen molar-refractivity contribution in [1.29, 1.82) is 0 Å². The van der Waals surface area contributed by atoms with E-state index in [1.807, 2.05) is 21.1 Å². The van der Waals surface area contributed by atoms with E-state index < -0.39 is 32.5 Å². The number of likely N-dealkylation sites (N-methyl/N-ethyl adjacent to an activating group) is 1. The molecule has 0 saturated carbocycles. The summed E-state index contributed by atoms with van der Waals surface area (Å²) in [4.78, 5) is 37.5. The standard InChI is InChI=1S/C45H84NO8P/c1-6-8-10-12-14-16-18-20-22-24-26-28-30-32-34-36-38-45(48)54-43(42-53-55(49,50)52-40-39-46(3,4)5)41-51-44(47)37-35-33-31-29-27-25-23-21-19-17-15-13-11-9-7-2/h15,17,21-24,43H,6-14,16,18-20,25-42H2,1-5H3/b17-15-,23-21-,24-22-/t43-/m1/s1. The molecule has 0 bridgehead atoms. The van der Waals surface area contributed by atoms with E-state index in [9.17, 15) is 19.0 Å². The molecule has 0 radical (unpaired) electrons. The first-order valence-electron chi connectivity index (χ1n) is 22.2. The summed E-state index contributed by atoms with van der Waals surface area (Å²) in [5, 5.41) is 0. The number of unbranched alkanes of at least 4 members (excludes halogenated alkanes) is 20. The molecule has 0 aromatic heterocycles. The Kier molecular flexibility index (Phi) is 36.6. The third-order valence-corrected chi connectivity index (χ3v) is 10.3. The van der Waals surface area contributed by atoms with E-state index in [0.717, 1.165) is 70.6 Å². The first kappa shape index (κ1) is 53.2. The summed E-state index contributed by atoms with van der Waals surface area (Å²) in [6.45, 7) is 4.17. The molecule has 0 N–H and O–H groups in total. The first-order chi connectivity index (χ1) is 26.5. The molecule has 0 aliphatic rings. The topological polar surface area (TPSA) is 111 Å². The Hall–Kier alpha value is -1.77. The first-order valence-corrected chi connectivity index (χ1v) is 23.7. The third kappa shape index (κ3) is 41.7. The summed E-state index contributed by atoms with van der Waals surface area (Å²) in [5.41, 5.74) is 0. The average Bonchev–Trinajstić information content (AvgIpc) is 3.13. The maximum atomic E-state index is 12.7. The lowest BCUT2D eigenvalue weighted by Gasteiger charge is -2.28. The molecule has 2 atom stereocenters. The van der Waals surface area contributed by atoms with E-state index in [4.69, 9.17) is 18.5 Å². The summed E-state index contributed by atoms with van der Waals surface area (Å²) in [5.74, 6) is -0.859. The van der Waals surface area contributed by atoms with Gasteiger partial charge in [-0.15, -0.1) is 0 Å². The van der Waals surface area contributed by atoms with Crippen molar-refractivity contribution in [2.45, 2.75) is 193 Å². The van der Waals surface area contributed by atoms with Crippen LogP contribution in [0.25, 0.3) is 0 Å². The van der Waals surface area contributed by atoms with E-state index in [1.54, 1.807) is 0 Å². The van der Waals surface area contributed by atoms with Crippen molar-refractivity contribution >= 4 is 19.8 Å². The molecule has 9 nitrogen and oxygen atoms in total. The second-order valence-corrected chi connectivity index (χ2v) is 17.5. The van der Waals surface area contributed by atoms with Gasteiger partial charge in [0.15, 0.2) is 6.10 Å². The monoisotopic (exact) mass is 798 g/mol. The maximum absolute atomic E-state index is 12.7. The molecule has 1 unspecified atom stereocenters. The molecule has 0 spiro atoms. The molecule has 0 aliphatic heterocycles. The minimum Gasteiger partial charge on any atom is -0.756 e. The average molecular weight is 798 g/mol. The zero-order chi connectivity index (χ0) is 40.7. The van der Waals surface area contributed by atoms with Crippen molar-refractivity contribution in [3.05, 3.63) is 36.5 Å². The molecule has 0 aliphatic carbocycles. The molecule has 55 heavy (non-hydrogen) atoms. The molecule has 0 amide bonds. The fourth-order valence-corrected chi connectivity index (χ4v) is 6.58. The van der Waals surface area contributed by atoms with Gasteiger partial charge in [0.05, 0.1) is 27.7 Å². The van der Waals surface area contributed by atoms with Gasteiger partial charge >= 0.3 is 11.9 Å². The molecule has 322 valence electrons. The van der Waals surface area contributed by atoms with E-state index in [1.165, 1.54) is 77.0 Å². The largest absolute Gasteiger partial charge is 0.756 e. The van der Waals surface area contributed by atoms with Crippen LogP contribution >= 0.6 is 7.82 Å². The number of hydrogen-bond donors (Lipinski definition) is 0. The van der Waals surface area contributed by atoms with Crippen LogP contribution in [-0.2, 0) is 32.7 Å². The van der Waals surface area contributed by atoms with Gasteiger partial charge in [0, 0.05) is 12.8 Å². The molecule has 0 aromatic carbocycles. The van der Waals surface area contributed by atoms with Gasteiger partial charge < -0.3 is 27.9 Å². The number of hydrogen-bond acceptors (Lipinski definition) is 8. The van der Waals surface area contributed by atoms with Crippen LogP contribution in [0.3, 0.4) is 0 Å². The van der Waals surface area contributed by atoms with Crippen LogP contribution in [0.15, 0.2) is 36.5 Å². The highest BCUT2D eigenvalue weighted by atomic mass is 31.2. The number of nitrogens with zero attached hydrogens (tertiary/aromatic N) is 1. The summed E-state index contributed by atoms with van der Waals surface area (Å²) in [7, 11) is 1.15. The summed E-state index contributed by atoms with van der Waals surface area (Å²) >= 11 is 0. The molecular formula is C45H84NO8P. The number of carbonyl (C=O) groups is 2. The number of carbonyl (C=O) groups excluding carboxylic acids is 2. The Morgan fingerprint density at radius 1 is 0.564 bits per heavy atom. The Labute approximate surface area is 338 Å². The molecule has 0 rings (SSSR count). The van der Waals surface area contributed by atoms with Gasteiger partial charge in [-0.2, -0.15) is 0 Å². The fraction of sp³-hybridized carbons (Fsp3) is 0.822. The number of quaternary nitrogens is 1. The van der Waals surface area contributed by atoms with Crippen molar-refractivity contribution in [3.8, 4) is 0 Å². The number of rotatable bonds is 40. The predicted octanol–water partition coefficient (Wildman–Crippen LogP) is 11.9. The Morgan fingerprint density at radius 3 is 1.49 bits per heavy atom. The lowest BCUT2D eigenvalue weighted by Crippen LogP contribution is -2.37. The van der Waals surface area contributed by atoms with E-state index >= 15 is 0 Å². The van der Waals surface area contributed by atoms with Crippen molar-refractivity contribution in [1.82, 2.24) is 0 Å². The minimum absolute atomic E-state index is 0.0349. The van der Waals surface area contributed by atoms with Crippen LogP contribution in [0.1, 0.15) is 187 Å². The molecule has 0 fully saturated rings. The maximum Gasteiger partial charge on any atom is 0.306 e. The van der Waals surface area contributed by atoms with Crippen LogP contribution in [-0.4, -0.2) is 70.0 Å². The van der Waals surface area contributed by atoms with Crippen molar-refractivity contribution in [2.24, 2.45) is 0 Å². The molecule has 0 heterocycles. The predicted molar refractivity (Wildman–Crippen MR) is 227 cm³/mol. The molecule has 0 saturated heterocycles. The number of esters is 2. The smallest absolute Gasteiger partial charge is 0.306 e. The highest BCUT2D eigenvalue weighted by molar-refractivity contribution is 7.45. The molecule has 10 heteroatoms. The van der Waals surface area contributed by atoms with Gasteiger partial charge in [-0.1, -0.05) is 140 Å². The van der Waals surface area contributed by atoms with Gasteiger partial charge in [-0.3, -0.25) is 14.2 Å². The quantitative estimate of drug-likeness (QED) is 0.0198. The highest BCUT2D eigenvalue weighted by Gasteiger charge is 2.21. The van der Waals surface area contributed by atoms with Gasteiger partial charge in [0.2, 0.25) is 0 Å². The SMILES string of the molecule is CCCCC/C=C\C/C=C\CCCCCCCC(=O)OC[C@H](COP(=O)([O-])OCC[N+](C)(C)C)OC(=O)CCCCCCC/C=C\CCCCCCCCC. The van der Waals surface area contributed by atoms with Gasteiger partial charge in [0.1, 0.15) is 19.8 Å². The number of phosphoric ester groups is 1. The highest BCUT2D eigenvalue weighted by Crippen LogP contribution is 2.38. The number of phosphoric acid groups is 1. The summed E-state index contributed by atoms with van der Waals surface area (Å²) < 4.78 is 33.9. The Bertz CT molecular complexity index is 1040. The third-order valence-electron chi connectivity index (χ3n) is 9.38. The Morgan fingerprint density at radius 2 is 0.982 bits per heavy atom. The second-order valence-electron chi connectivity index (χ2n) is 16.1. The zero-order valence-electron chi connectivity index (χ0n) is 36.1. The van der Waals surface area contributed by atoms with Crippen LogP contribution in [0.2, 0.25) is 0 Å². The zero-order valence-corrected chi connectivity index (χ0v) is 37.0. The lowest BCUT2D eigenvalue weighted by atomic mass is 10.1. The van der Waals surface area contributed by atoms with Crippen LogP contribution in [0, 0.1) is 0 Å².